The Morgan fingerprint density at radius 2 is 2.25 bits per heavy atom. The van der Waals surface area contributed by atoms with E-state index in [1.165, 1.54) is 25.3 Å². The van der Waals surface area contributed by atoms with Gasteiger partial charge in [0.25, 0.3) is 0 Å². The van der Waals surface area contributed by atoms with Gasteiger partial charge in [0, 0.05) is 6.07 Å². The number of hydrogen-bond acceptors (Lipinski definition) is 4. The number of benzene rings is 1. The van der Waals surface area contributed by atoms with Crippen LogP contribution in [0.15, 0.2) is 23.1 Å². The quantitative estimate of drug-likeness (QED) is 0.581. The van der Waals surface area contributed by atoms with Crippen LogP contribution in [0.3, 0.4) is 0 Å². The summed E-state index contributed by atoms with van der Waals surface area (Å²) in [7, 11) is -2.19. The molecule has 1 aromatic rings. The Morgan fingerprint density at radius 3 is 2.81 bits per heavy atom. The molecule has 1 rings (SSSR count). The molecule has 3 N–H and O–H groups in total. The average molecular weight is 240 g/mol. The first-order valence-electron chi connectivity index (χ1n) is 4.38. The van der Waals surface area contributed by atoms with E-state index in [2.05, 4.69) is 10.6 Å². The number of nitrogens with two attached hydrogens (primary N) is 1. The molecule has 0 aliphatic rings. The Kier molecular flexibility index (Phi) is 3.77. The highest BCUT2D eigenvalue weighted by molar-refractivity contribution is 7.89. The molecule has 0 spiro atoms. The molecule has 16 heavy (non-hydrogen) atoms. The van der Waals surface area contributed by atoms with Gasteiger partial charge in [0.2, 0.25) is 10.0 Å². The molecule has 0 saturated carbocycles. The number of ether oxygens (including phenoxy) is 1. The fourth-order valence-corrected chi connectivity index (χ4v) is 2.03. The molecule has 0 saturated heterocycles. The second-order valence-corrected chi connectivity index (χ2v) is 4.70. The van der Waals surface area contributed by atoms with Gasteiger partial charge in [0.15, 0.2) is 0 Å². The number of hydrogen-bond donors (Lipinski definition) is 2. The highest BCUT2D eigenvalue weighted by Gasteiger charge is 2.14. The van der Waals surface area contributed by atoms with Crippen molar-refractivity contribution in [2.75, 3.05) is 19.4 Å². The predicted octanol–water partition coefficient (Wildman–Crippen LogP) is 0.189. The van der Waals surface area contributed by atoms with Crippen LogP contribution in [-0.4, -0.2) is 22.1 Å². The van der Waals surface area contributed by atoms with E-state index < -0.39 is 10.0 Å². The summed E-state index contributed by atoms with van der Waals surface area (Å²) in [5.74, 6) is 2.50. The van der Waals surface area contributed by atoms with E-state index in [1.807, 2.05) is 0 Å². The number of terminal acetylenes is 1. The van der Waals surface area contributed by atoms with Crippen molar-refractivity contribution in [1.82, 2.24) is 4.72 Å². The van der Waals surface area contributed by atoms with Gasteiger partial charge in [-0.3, -0.25) is 0 Å². The van der Waals surface area contributed by atoms with Gasteiger partial charge in [-0.15, -0.1) is 6.42 Å². The van der Waals surface area contributed by atoms with Crippen LogP contribution in [-0.2, 0) is 10.0 Å². The van der Waals surface area contributed by atoms with Gasteiger partial charge in [0.1, 0.15) is 5.75 Å². The highest BCUT2D eigenvalue weighted by Crippen LogP contribution is 2.24. The number of anilines is 1. The fraction of sp³-hybridized carbons (Fsp3) is 0.200. The SMILES string of the molecule is C#CCNS(=O)(=O)c1ccc(N)c(OC)c1. The first kappa shape index (κ1) is 12.4. The van der Waals surface area contributed by atoms with Crippen LogP contribution in [0.1, 0.15) is 0 Å². The third-order valence-electron chi connectivity index (χ3n) is 1.88. The zero-order valence-electron chi connectivity index (χ0n) is 8.73. The van der Waals surface area contributed by atoms with Crippen molar-refractivity contribution >= 4 is 15.7 Å². The van der Waals surface area contributed by atoms with Crippen molar-refractivity contribution in [2.45, 2.75) is 4.90 Å². The van der Waals surface area contributed by atoms with Gasteiger partial charge in [0.05, 0.1) is 24.2 Å². The van der Waals surface area contributed by atoms with E-state index in [0.29, 0.717) is 11.4 Å². The van der Waals surface area contributed by atoms with Crippen LogP contribution < -0.4 is 15.2 Å². The normalized spacial score (nSPS) is 10.8. The molecule has 0 amide bonds. The Labute approximate surface area is 94.7 Å². The maximum atomic E-state index is 11.7. The molecular formula is C10H12N2O3S. The van der Waals surface area contributed by atoms with Crippen molar-refractivity contribution in [3.8, 4) is 18.1 Å². The standard InChI is InChI=1S/C10H12N2O3S/c1-3-6-12-16(13,14)8-4-5-9(11)10(7-8)15-2/h1,4-5,7,12H,6,11H2,2H3. The second-order valence-electron chi connectivity index (χ2n) is 2.93. The van der Waals surface area contributed by atoms with E-state index >= 15 is 0 Å². The third-order valence-corrected chi connectivity index (χ3v) is 3.28. The smallest absolute Gasteiger partial charge is 0.241 e. The molecule has 86 valence electrons. The lowest BCUT2D eigenvalue weighted by Crippen LogP contribution is -2.23. The van der Waals surface area contributed by atoms with Crippen LogP contribution in [0.5, 0.6) is 5.75 Å². The van der Waals surface area contributed by atoms with E-state index in [1.54, 1.807) is 0 Å². The monoisotopic (exact) mass is 240 g/mol. The fourth-order valence-electron chi connectivity index (χ4n) is 1.08. The average Bonchev–Trinajstić information content (AvgIpc) is 2.27. The lowest BCUT2D eigenvalue weighted by Gasteiger charge is -2.08. The van der Waals surface area contributed by atoms with E-state index in [-0.39, 0.29) is 11.4 Å². The summed E-state index contributed by atoms with van der Waals surface area (Å²) in [5, 5.41) is 0. The van der Waals surface area contributed by atoms with Gasteiger partial charge in [-0.2, -0.15) is 4.72 Å². The van der Waals surface area contributed by atoms with Crippen molar-refractivity contribution < 1.29 is 13.2 Å². The Bertz CT molecular complexity index is 517. The second kappa shape index (κ2) is 4.88. The maximum Gasteiger partial charge on any atom is 0.241 e. The molecular weight excluding hydrogens is 228 g/mol. The van der Waals surface area contributed by atoms with Gasteiger partial charge < -0.3 is 10.5 Å². The number of methoxy groups -OCH3 is 1. The summed E-state index contributed by atoms with van der Waals surface area (Å²) < 4.78 is 30.5. The highest BCUT2D eigenvalue weighted by atomic mass is 32.2. The lowest BCUT2D eigenvalue weighted by molar-refractivity contribution is 0.415. The zero-order valence-corrected chi connectivity index (χ0v) is 9.54. The van der Waals surface area contributed by atoms with Crippen molar-refractivity contribution in [3.63, 3.8) is 0 Å². The Balaban J connectivity index is 3.10. The van der Waals surface area contributed by atoms with Crippen LogP contribution in [0.4, 0.5) is 5.69 Å². The molecule has 0 fully saturated rings. The zero-order chi connectivity index (χ0) is 12.2. The number of sulfonamides is 1. The molecule has 0 aliphatic carbocycles. The molecule has 5 nitrogen and oxygen atoms in total. The van der Waals surface area contributed by atoms with E-state index in [9.17, 15) is 8.42 Å². The molecule has 6 heteroatoms. The molecule has 0 unspecified atom stereocenters. The summed E-state index contributed by atoms with van der Waals surface area (Å²) in [4.78, 5) is 0.0637. The molecule has 0 heterocycles. The van der Waals surface area contributed by atoms with Crippen LogP contribution in [0.25, 0.3) is 0 Å². The molecule has 0 radical (unpaired) electrons. The molecule has 0 aromatic heterocycles. The molecule has 0 atom stereocenters. The summed E-state index contributed by atoms with van der Waals surface area (Å²) in [5.41, 5.74) is 5.94. The van der Waals surface area contributed by atoms with E-state index in [4.69, 9.17) is 16.9 Å². The molecule has 0 aliphatic heterocycles. The molecule has 0 bridgehead atoms. The predicted molar refractivity (Wildman–Crippen MR) is 61.4 cm³/mol. The first-order chi connectivity index (χ1) is 7.51. The number of rotatable bonds is 4. The van der Waals surface area contributed by atoms with Crippen LogP contribution in [0.2, 0.25) is 0 Å². The van der Waals surface area contributed by atoms with E-state index in [0.717, 1.165) is 0 Å². The van der Waals surface area contributed by atoms with Gasteiger partial charge in [-0.05, 0) is 12.1 Å². The summed E-state index contributed by atoms with van der Waals surface area (Å²) in [6.07, 6.45) is 4.97. The van der Waals surface area contributed by atoms with Crippen molar-refractivity contribution in [3.05, 3.63) is 18.2 Å². The summed E-state index contributed by atoms with van der Waals surface area (Å²) in [6.45, 7) is -0.0605. The lowest BCUT2D eigenvalue weighted by atomic mass is 10.3. The topological polar surface area (TPSA) is 81.4 Å². The van der Waals surface area contributed by atoms with Crippen molar-refractivity contribution in [1.29, 1.82) is 0 Å². The minimum absolute atomic E-state index is 0.0605. The Hall–Kier alpha value is -1.71. The van der Waals surface area contributed by atoms with Crippen molar-refractivity contribution in [2.24, 2.45) is 0 Å². The van der Waals surface area contributed by atoms with Crippen LogP contribution >= 0.6 is 0 Å². The maximum absolute atomic E-state index is 11.7. The summed E-state index contributed by atoms with van der Waals surface area (Å²) >= 11 is 0. The third kappa shape index (κ3) is 2.66. The van der Waals surface area contributed by atoms with Crippen LogP contribution in [0, 0.1) is 12.3 Å². The minimum atomic E-state index is -3.60. The van der Waals surface area contributed by atoms with Gasteiger partial charge >= 0.3 is 0 Å². The number of nitrogens with one attached hydrogen (secondary N) is 1. The van der Waals surface area contributed by atoms with Gasteiger partial charge in [-0.1, -0.05) is 5.92 Å². The largest absolute Gasteiger partial charge is 0.495 e. The Morgan fingerprint density at radius 1 is 1.56 bits per heavy atom. The van der Waals surface area contributed by atoms with Gasteiger partial charge in [-0.25, -0.2) is 8.42 Å². The molecule has 1 aromatic carbocycles. The first-order valence-corrected chi connectivity index (χ1v) is 5.86. The number of nitrogen functional groups attached to an aromatic ring is 1. The summed E-state index contributed by atoms with van der Waals surface area (Å²) in [6, 6.07) is 4.19. The minimum Gasteiger partial charge on any atom is -0.495 e.